The Morgan fingerprint density at radius 3 is 2.32 bits per heavy atom. The number of aliphatic hydroxyl groups is 1. The number of amides is 3. The van der Waals surface area contributed by atoms with Gasteiger partial charge in [-0.15, -0.1) is 0 Å². The standard InChI is InChI=1S/C35H42N4O5/c1-4-20-37-21-10-14-28-29(32(37)41)30-33(42)39(27(23-40)24-12-8-7-9-13-24)31-34(43)38(22-11-19-35(30,31)44-28)26-17-15-25(16-18-26)36(5-2)6-3/h7-19,27-31,40H,4-6,20-23H2,1-3H3/t27-,28+,29-,30+,31?,35+/m1/s1. The summed E-state index contributed by atoms with van der Waals surface area (Å²) in [6.45, 7) is 8.91. The highest BCUT2D eigenvalue weighted by Gasteiger charge is 2.72. The van der Waals surface area contributed by atoms with Crippen LogP contribution < -0.4 is 9.80 Å². The van der Waals surface area contributed by atoms with Crippen molar-refractivity contribution in [1.29, 1.82) is 0 Å². The van der Waals surface area contributed by atoms with Gasteiger partial charge in [0.1, 0.15) is 11.6 Å². The van der Waals surface area contributed by atoms with Gasteiger partial charge in [0.2, 0.25) is 11.8 Å². The molecule has 1 spiro atoms. The molecule has 4 aliphatic rings. The second kappa shape index (κ2) is 12.2. The van der Waals surface area contributed by atoms with E-state index in [-0.39, 0.29) is 30.9 Å². The second-order valence-electron chi connectivity index (χ2n) is 11.9. The van der Waals surface area contributed by atoms with Crippen molar-refractivity contribution in [3.8, 4) is 0 Å². The van der Waals surface area contributed by atoms with E-state index in [0.29, 0.717) is 24.3 Å². The Kier molecular flexibility index (Phi) is 8.35. The summed E-state index contributed by atoms with van der Waals surface area (Å²) in [6, 6.07) is 15.3. The number of carbonyl (C=O) groups excluding carboxylic acids is 3. The number of ether oxygens (including phenoxy) is 1. The fraction of sp³-hybridized carbons (Fsp3) is 0.457. The molecule has 0 aromatic heterocycles. The maximum absolute atomic E-state index is 14.8. The van der Waals surface area contributed by atoms with Gasteiger partial charge in [0, 0.05) is 44.1 Å². The first-order chi connectivity index (χ1) is 21.4. The third-order valence-corrected chi connectivity index (χ3v) is 9.66. The smallest absolute Gasteiger partial charge is 0.253 e. The number of hydrogen-bond acceptors (Lipinski definition) is 6. The van der Waals surface area contributed by atoms with Gasteiger partial charge in [-0.05, 0) is 50.1 Å². The van der Waals surface area contributed by atoms with Crippen LogP contribution >= 0.6 is 0 Å². The van der Waals surface area contributed by atoms with Crippen LogP contribution in [-0.4, -0.2) is 89.7 Å². The molecule has 6 rings (SSSR count). The zero-order chi connectivity index (χ0) is 31.0. The lowest BCUT2D eigenvalue weighted by atomic mass is 9.77. The number of likely N-dealkylation sites (tertiary alicyclic amines) is 1. The van der Waals surface area contributed by atoms with Crippen LogP contribution in [0.15, 0.2) is 78.9 Å². The molecule has 4 aliphatic heterocycles. The summed E-state index contributed by atoms with van der Waals surface area (Å²) in [5.74, 6) is -2.45. The minimum atomic E-state index is -1.36. The first-order valence-corrected chi connectivity index (χ1v) is 15.8. The zero-order valence-corrected chi connectivity index (χ0v) is 25.7. The molecule has 44 heavy (non-hydrogen) atoms. The molecule has 0 radical (unpaired) electrons. The summed E-state index contributed by atoms with van der Waals surface area (Å²) in [5, 5.41) is 10.8. The van der Waals surface area contributed by atoms with E-state index in [4.69, 9.17) is 4.74 Å². The van der Waals surface area contributed by atoms with Crippen molar-refractivity contribution in [3.05, 3.63) is 84.5 Å². The van der Waals surface area contributed by atoms with E-state index in [0.717, 1.165) is 25.2 Å². The van der Waals surface area contributed by atoms with E-state index in [9.17, 15) is 19.5 Å². The Morgan fingerprint density at radius 2 is 1.66 bits per heavy atom. The first-order valence-electron chi connectivity index (χ1n) is 15.8. The fourth-order valence-electron chi connectivity index (χ4n) is 7.63. The molecule has 0 saturated carbocycles. The molecular weight excluding hydrogens is 556 g/mol. The number of carbonyl (C=O) groups is 3. The van der Waals surface area contributed by atoms with Crippen LogP contribution in [0.25, 0.3) is 0 Å². The zero-order valence-electron chi connectivity index (χ0n) is 25.7. The fourth-order valence-corrected chi connectivity index (χ4v) is 7.63. The van der Waals surface area contributed by atoms with Gasteiger partial charge in [0.05, 0.1) is 30.6 Å². The van der Waals surface area contributed by atoms with Crippen molar-refractivity contribution in [3.63, 3.8) is 0 Å². The minimum Gasteiger partial charge on any atom is -0.394 e. The van der Waals surface area contributed by atoms with Gasteiger partial charge in [0.25, 0.3) is 5.91 Å². The monoisotopic (exact) mass is 598 g/mol. The molecule has 1 unspecified atom stereocenters. The summed E-state index contributed by atoms with van der Waals surface area (Å²) in [4.78, 5) is 50.8. The Balaban J connectivity index is 1.46. The van der Waals surface area contributed by atoms with Crippen molar-refractivity contribution >= 4 is 29.1 Å². The average Bonchev–Trinajstić information content (AvgIpc) is 3.36. The highest BCUT2D eigenvalue weighted by atomic mass is 16.5. The lowest BCUT2D eigenvalue weighted by Crippen LogP contribution is -2.56. The number of nitrogens with zero attached hydrogens (tertiary/aromatic N) is 4. The topological polar surface area (TPSA) is 93.6 Å². The van der Waals surface area contributed by atoms with E-state index < -0.39 is 35.6 Å². The van der Waals surface area contributed by atoms with Crippen molar-refractivity contribution in [2.45, 2.75) is 51.0 Å². The highest BCUT2D eigenvalue weighted by Crippen LogP contribution is 2.55. The highest BCUT2D eigenvalue weighted by molar-refractivity contribution is 6.06. The van der Waals surface area contributed by atoms with Gasteiger partial charge in [-0.3, -0.25) is 14.4 Å². The van der Waals surface area contributed by atoms with E-state index in [1.807, 2.05) is 85.8 Å². The van der Waals surface area contributed by atoms with Gasteiger partial charge >= 0.3 is 0 Å². The van der Waals surface area contributed by atoms with E-state index in [2.05, 4.69) is 18.7 Å². The van der Waals surface area contributed by atoms with Crippen molar-refractivity contribution < 1.29 is 24.2 Å². The number of fused-ring (bicyclic) bond motifs is 2. The van der Waals surface area contributed by atoms with Crippen LogP contribution in [0, 0.1) is 11.8 Å². The predicted molar refractivity (Wildman–Crippen MR) is 169 cm³/mol. The Morgan fingerprint density at radius 1 is 0.932 bits per heavy atom. The second-order valence-corrected chi connectivity index (χ2v) is 11.9. The molecule has 232 valence electrons. The number of rotatable bonds is 9. The summed E-state index contributed by atoms with van der Waals surface area (Å²) in [6.07, 6.45) is 7.70. The molecule has 6 atom stereocenters. The quantitative estimate of drug-likeness (QED) is 0.444. The normalized spacial score (nSPS) is 28.5. The molecule has 3 amide bonds. The maximum atomic E-state index is 14.8. The van der Waals surface area contributed by atoms with Crippen molar-refractivity contribution in [2.75, 3.05) is 49.1 Å². The average molecular weight is 599 g/mol. The van der Waals surface area contributed by atoms with Crippen LogP contribution in [0.1, 0.15) is 38.8 Å². The van der Waals surface area contributed by atoms with Gasteiger partial charge in [0.15, 0.2) is 0 Å². The van der Waals surface area contributed by atoms with Crippen LogP contribution in [0.4, 0.5) is 11.4 Å². The molecule has 2 saturated heterocycles. The maximum Gasteiger partial charge on any atom is 0.253 e. The number of hydrogen-bond donors (Lipinski definition) is 1. The molecule has 2 fully saturated rings. The molecule has 2 aromatic carbocycles. The molecule has 1 N–H and O–H groups in total. The van der Waals surface area contributed by atoms with Crippen LogP contribution in [0.5, 0.6) is 0 Å². The van der Waals surface area contributed by atoms with Crippen molar-refractivity contribution in [2.24, 2.45) is 11.8 Å². The molecule has 9 nitrogen and oxygen atoms in total. The predicted octanol–water partition coefficient (Wildman–Crippen LogP) is 3.56. The third-order valence-electron chi connectivity index (χ3n) is 9.66. The van der Waals surface area contributed by atoms with Gasteiger partial charge < -0.3 is 29.4 Å². The summed E-state index contributed by atoms with van der Waals surface area (Å²) >= 11 is 0. The van der Waals surface area contributed by atoms with Crippen molar-refractivity contribution in [1.82, 2.24) is 9.80 Å². The summed E-state index contributed by atoms with van der Waals surface area (Å²) < 4.78 is 6.78. The van der Waals surface area contributed by atoms with Gasteiger partial charge in [-0.2, -0.15) is 0 Å². The van der Waals surface area contributed by atoms with Gasteiger partial charge in [-0.25, -0.2) is 0 Å². The molecular formula is C35H42N4O5. The SMILES string of the molecule is CCCN1CC=C[C@@H]2O[C@]34C=CCN(c5ccc(N(CC)CC)cc5)C(=O)C3N([C@H](CO)c3ccccc3)C(=O)[C@@H]4[C@@H]2C1=O. The Hall–Kier alpha value is -3.95. The molecule has 9 heteroatoms. The van der Waals surface area contributed by atoms with E-state index in [1.54, 1.807) is 9.80 Å². The van der Waals surface area contributed by atoms with Crippen LogP contribution in [-0.2, 0) is 19.1 Å². The summed E-state index contributed by atoms with van der Waals surface area (Å²) in [5.41, 5.74) is 1.12. The summed E-state index contributed by atoms with van der Waals surface area (Å²) in [7, 11) is 0. The molecule has 0 bridgehead atoms. The molecule has 4 heterocycles. The minimum absolute atomic E-state index is 0.133. The lowest BCUT2D eigenvalue weighted by molar-refractivity contribution is -0.147. The molecule has 0 aliphatic carbocycles. The third kappa shape index (κ3) is 4.73. The lowest BCUT2D eigenvalue weighted by Gasteiger charge is -2.38. The number of benzene rings is 2. The first kappa shape index (κ1) is 30.1. The largest absolute Gasteiger partial charge is 0.394 e. The number of anilines is 2. The van der Waals surface area contributed by atoms with E-state index in [1.165, 1.54) is 4.90 Å². The van der Waals surface area contributed by atoms with Crippen LogP contribution in [0.3, 0.4) is 0 Å². The van der Waals surface area contributed by atoms with Crippen LogP contribution in [0.2, 0.25) is 0 Å². The van der Waals surface area contributed by atoms with E-state index >= 15 is 0 Å². The Labute approximate surface area is 259 Å². The van der Waals surface area contributed by atoms with Gasteiger partial charge in [-0.1, -0.05) is 61.6 Å². The number of aliphatic hydroxyl groups excluding tert-OH is 1. The molecule has 2 aromatic rings. The Bertz CT molecular complexity index is 1440.